The number of hydrogen-bond acceptors (Lipinski definition) is 2. The van der Waals surface area contributed by atoms with Crippen LogP contribution in [0.15, 0.2) is 22.7 Å². The first kappa shape index (κ1) is 13.5. The molecule has 2 nitrogen and oxygen atoms in total. The van der Waals surface area contributed by atoms with Crippen LogP contribution in [0.1, 0.15) is 32.3 Å². The van der Waals surface area contributed by atoms with Crippen molar-refractivity contribution in [2.24, 2.45) is 0 Å². The Labute approximate surface area is 107 Å². The minimum atomic E-state index is 0.881. The van der Waals surface area contributed by atoms with E-state index in [0.29, 0.717) is 0 Å². The molecule has 2 N–H and O–H groups in total. The van der Waals surface area contributed by atoms with Crippen LogP contribution >= 0.6 is 15.9 Å². The second-order valence-corrected chi connectivity index (χ2v) is 5.03. The molecule has 0 aliphatic rings. The van der Waals surface area contributed by atoms with E-state index in [2.05, 4.69) is 46.8 Å². The summed E-state index contributed by atoms with van der Waals surface area (Å²) in [6.45, 7) is 7.68. The molecule has 0 atom stereocenters. The highest BCUT2D eigenvalue weighted by atomic mass is 79.9. The van der Waals surface area contributed by atoms with Crippen LogP contribution in [0.3, 0.4) is 0 Å². The highest BCUT2D eigenvalue weighted by molar-refractivity contribution is 9.10. The monoisotopic (exact) mass is 284 g/mol. The van der Waals surface area contributed by atoms with Gasteiger partial charge in [-0.1, -0.05) is 35.8 Å². The molecule has 0 bridgehead atoms. The van der Waals surface area contributed by atoms with Gasteiger partial charge in [0.2, 0.25) is 0 Å². The number of anilines is 1. The number of nitrogens with zero attached hydrogens (tertiary/aromatic N) is 1. The van der Waals surface area contributed by atoms with E-state index in [0.717, 1.165) is 29.8 Å². The molecule has 0 spiro atoms. The molecule has 1 rings (SSSR count). The van der Waals surface area contributed by atoms with Gasteiger partial charge in [0, 0.05) is 16.7 Å². The van der Waals surface area contributed by atoms with Crippen LogP contribution in [0, 0.1) is 0 Å². The largest absolute Gasteiger partial charge is 0.398 e. The van der Waals surface area contributed by atoms with E-state index in [1.807, 2.05) is 6.07 Å². The predicted molar refractivity (Wildman–Crippen MR) is 74.4 cm³/mol. The first-order valence-corrected chi connectivity index (χ1v) is 6.73. The summed E-state index contributed by atoms with van der Waals surface area (Å²) in [6.07, 6.45) is 2.38. The van der Waals surface area contributed by atoms with E-state index in [-0.39, 0.29) is 0 Å². The van der Waals surface area contributed by atoms with Crippen molar-refractivity contribution in [2.45, 2.75) is 33.2 Å². The maximum atomic E-state index is 6.01. The van der Waals surface area contributed by atoms with Crippen LogP contribution in [0.25, 0.3) is 0 Å². The van der Waals surface area contributed by atoms with Gasteiger partial charge in [-0.2, -0.15) is 0 Å². The van der Waals surface area contributed by atoms with Gasteiger partial charge in [-0.15, -0.1) is 0 Å². The first-order chi connectivity index (χ1) is 7.67. The number of hydrogen-bond donors (Lipinski definition) is 1. The zero-order valence-corrected chi connectivity index (χ0v) is 11.8. The zero-order valence-electron chi connectivity index (χ0n) is 10.2. The number of benzene rings is 1. The van der Waals surface area contributed by atoms with Crippen molar-refractivity contribution in [3.05, 3.63) is 28.2 Å². The van der Waals surface area contributed by atoms with Gasteiger partial charge in [0.25, 0.3) is 0 Å². The molecule has 90 valence electrons. The summed E-state index contributed by atoms with van der Waals surface area (Å²) in [5.41, 5.74) is 8.11. The van der Waals surface area contributed by atoms with Crippen LogP contribution in [0.5, 0.6) is 0 Å². The van der Waals surface area contributed by atoms with Gasteiger partial charge >= 0.3 is 0 Å². The molecule has 0 aromatic heterocycles. The normalized spacial score (nSPS) is 11.0. The van der Waals surface area contributed by atoms with Crippen LogP contribution in [-0.4, -0.2) is 18.0 Å². The lowest BCUT2D eigenvalue weighted by atomic mass is 10.1. The van der Waals surface area contributed by atoms with Gasteiger partial charge in [0.15, 0.2) is 0 Å². The number of halogens is 1. The van der Waals surface area contributed by atoms with E-state index in [1.165, 1.54) is 18.4 Å². The van der Waals surface area contributed by atoms with Crippen molar-refractivity contribution in [3.63, 3.8) is 0 Å². The quantitative estimate of drug-likeness (QED) is 0.808. The van der Waals surface area contributed by atoms with Gasteiger partial charge in [0.05, 0.1) is 0 Å². The van der Waals surface area contributed by atoms with Crippen molar-refractivity contribution in [3.8, 4) is 0 Å². The SMILES string of the molecule is CCCN(CCC)Cc1ccc(Br)cc1N. The summed E-state index contributed by atoms with van der Waals surface area (Å²) < 4.78 is 1.05. The predicted octanol–water partition coefficient (Wildman–Crippen LogP) is 3.65. The second-order valence-electron chi connectivity index (χ2n) is 4.12. The molecule has 0 saturated heterocycles. The average molecular weight is 285 g/mol. The molecule has 1 aromatic carbocycles. The standard InChI is InChI=1S/C13H21BrN2/c1-3-7-16(8-4-2)10-11-5-6-12(14)9-13(11)15/h5-6,9H,3-4,7-8,10,15H2,1-2H3. The lowest BCUT2D eigenvalue weighted by Crippen LogP contribution is -2.25. The van der Waals surface area contributed by atoms with Gasteiger partial charge < -0.3 is 5.73 Å². The molecule has 0 fully saturated rings. The van der Waals surface area contributed by atoms with Gasteiger partial charge in [-0.05, 0) is 43.6 Å². The lowest BCUT2D eigenvalue weighted by Gasteiger charge is -2.21. The molecule has 1 aromatic rings. The Balaban J connectivity index is 2.68. The fourth-order valence-electron chi connectivity index (χ4n) is 1.85. The van der Waals surface area contributed by atoms with Crippen molar-refractivity contribution in [1.82, 2.24) is 4.90 Å². The molecule has 0 unspecified atom stereocenters. The maximum absolute atomic E-state index is 6.01. The Bertz CT molecular complexity index is 320. The Hall–Kier alpha value is -0.540. The van der Waals surface area contributed by atoms with Crippen molar-refractivity contribution in [1.29, 1.82) is 0 Å². The van der Waals surface area contributed by atoms with Crippen LogP contribution < -0.4 is 5.73 Å². The summed E-state index contributed by atoms with van der Waals surface area (Å²) >= 11 is 3.43. The Kier molecular flexibility index (Phi) is 5.85. The maximum Gasteiger partial charge on any atom is 0.0371 e. The molecular formula is C13H21BrN2. The van der Waals surface area contributed by atoms with E-state index in [1.54, 1.807) is 0 Å². The summed E-state index contributed by atoms with van der Waals surface area (Å²) in [7, 11) is 0. The molecule has 16 heavy (non-hydrogen) atoms. The molecule has 0 amide bonds. The average Bonchev–Trinajstić information content (AvgIpc) is 2.23. The molecule has 3 heteroatoms. The van der Waals surface area contributed by atoms with E-state index in [9.17, 15) is 0 Å². The topological polar surface area (TPSA) is 29.3 Å². The van der Waals surface area contributed by atoms with Crippen LogP contribution in [0.4, 0.5) is 5.69 Å². The third-order valence-electron chi connectivity index (χ3n) is 2.58. The molecule has 0 heterocycles. The Morgan fingerprint density at radius 1 is 1.19 bits per heavy atom. The number of rotatable bonds is 6. The van der Waals surface area contributed by atoms with Crippen molar-refractivity contribution < 1.29 is 0 Å². The smallest absolute Gasteiger partial charge is 0.0371 e. The lowest BCUT2D eigenvalue weighted by molar-refractivity contribution is 0.267. The fraction of sp³-hybridized carbons (Fsp3) is 0.538. The zero-order chi connectivity index (χ0) is 12.0. The molecule has 0 aliphatic carbocycles. The number of nitrogens with two attached hydrogens (primary N) is 1. The van der Waals surface area contributed by atoms with E-state index in [4.69, 9.17) is 5.73 Å². The van der Waals surface area contributed by atoms with Crippen LogP contribution in [0.2, 0.25) is 0 Å². The van der Waals surface area contributed by atoms with E-state index >= 15 is 0 Å². The van der Waals surface area contributed by atoms with Gasteiger partial charge in [0.1, 0.15) is 0 Å². The minimum absolute atomic E-state index is 0.881. The molecule has 0 aliphatic heterocycles. The molecule has 0 radical (unpaired) electrons. The van der Waals surface area contributed by atoms with Gasteiger partial charge in [-0.25, -0.2) is 0 Å². The van der Waals surface area contributed by atoms with Crippen LogP contribution in [-0.2, 0) is 6.54 Å². The highest BCUT2D eigenvalue weighted by Gasteiger charge is 2.06. The number of nitrogen functional groups attached to an aromatic ring is 1. The van der Waals surface area contributed by atoms with Crippen molar-refractivity contribution >= 4 is 21.6 Å². The van der Waals surface area contributed by atoms with Crippen molar-refractivity contribution in [2.75, 3.05) is 18.8 Å². The summed E-state index contributed by atoms with van der Waals surface area (Å²) in [5.74, 6) is 0. The Morgan fingerprint density at radius 3 is 2.31 bits per heavy atom. The fourth-order valence-corrected chi connectivity index (χ4v) is 2.23. The first-order valence-electron chi connectivity index (χ1n) is 5.93. The van der Waals surface area contributed by atoms with Gasteiger partial charge in [-0.3, -0.25) is 4.90 Å². The summed E-state index contributed by atoms with van der Waals surface area (Å²) in [5, 5.41) is 0. The minimum Gasteiger partial charge on any atom is -0.398 e. The van der Waals surface area contributed by atoms with E-state index < -0.39 is 0 Å². The third kappa shape index (κ3) is 4.14. The second kappa shape index (κ2) is 6.92. The highest BCUT2D eigenvalue weighted by Crippen LogP contribution is 2.20. The summed E-state index contributed by atoms with van der Waals surface area (Å²) in [6, 6.07) is 6.14. The molecule has 0 saturated carbocycles. The molecular weight excluding hydrogens is 264 g/mol. The summed E-state index contributed by atoms with van der Waals surface area (Å²) in [4.78, 5) is 2.46. The third-order valence-corrected chi connectivity index (χ3v) is 3.07. The Morgan fingerprint density at radius 2 is 1.81 bits per heavy atom.